The third-order valence-electron chi connectivity index (χ3n) is 2.43. The SMILES string of the molecule is CCOC(=O)CCC(=O)NCc1cccc(C)c1. The molecule has 98 valence electrons. The van der Waals surface area contributed by atoms with Gasteiger partial charge in [-0.1, -0.05) is 29.8 Å². The molecule has 0 spiro atoms. The second-order valence-electron chi connectivity index (χ2n) is 4.07. The highest BCUT2D eigenvalue weighted by Gasteiger charge is 2.07. The van der Waals surface area contributed by atoms with Gasteiger partial charge in [-0.05, 0) is 19.4 Å². The molecular formula is C14H19NO3. The van der Waals surface area contributed by atoms with Gasteiger partial charge in [0.25, 0.3) is 0 Å². The number of carbonyl (C=O) groups excluding carboxylic acids is 2. The predicted molar refractivity (Wildman–Crippen MR) is 68.9 cm³/mol. The molecule has 18 heavy (non-hydrogen) atoms. The fourth-order valence-corrected chi connectivity index (χ4v) is 1.56. The summed E-state index contributed by atoms with van der Waals surface area (Å²) in [6.45, 7) is 4.59. The van der Waals surface area contributed by atoms with E-state index in [1.807, 2.05) is 31.2 Å². The summed E-state index contributed by atoms with van der Waals surface area (Å²) < 4.78 is 4.75. The first-order valence-corrected chi connectivity index (χ1v) is 6.09. The Morgan fingerprint density at radius 1 is 1.28 bits per heavy atom. The van der Waals surface area contributed by atoms with Gasteiger partial charge in [-0.3, -0.25) is 9.59 Å². The maximum Gasteiger partial charge on any atom is 0.306 e. The largest absolute Gasteiger partial charge is 0.466 e. The highest BCUT2D eigenvalue weighted by atomic mass is 16.5. The summed E-state index contributed by atoms with van der Waals surface area (Å²) in [5, 5.41) is 2.78. The number of benzene rings is 1. The Morgan fingerprint density at radius 3 is 2.72 bits per heavy atom. The van der Waals surface area contributed by atoms with Gasteiger partial charge in [0.2, 0.25) is 5.91 Å². The van der Waals surface area contributed by atoms with Gasteiger partial charge in [-0.15, -0.1) is 0 Å². The molecule has 0 aliphatic rings. The Kier molecular flexibility index (Phi) is 5.91. The monoisotopic (exact) mass is 249 g/mol. The lowest BCUT2D eigenvalue weighted by Crippen LogP contribution is -2.23. The number of ether oxygens (including phenoxy) is 1. The Hall–Kier alpha value is -1.84. The van der Waals surface area contributed by atoms with Crippen LogP contribution in [-0.2, 0) is 20.9 Å². The van der Waals surface area contributed by atoms with Crippen LogP contribution in [0.25, 0.3) is 0 Å². The fraction of sp³-hybridized carbons (Fsp3) is 0.429. The van der Waals surface area contributed by atoms with Gasteiger partial charge < -0.3 is 10.1 Å². The molecule has 0 radical (unpaired) electrons. The molecule has 0 saturated carbocycles. The molecule has 1 N–H and O–H groups in total. The number of amides is 1. The van der Waals surface area contributed by atoms with Crippen LogP contribution in [0.3, 0.4) is 0 Å². The molecule has 0 fully saturated rings. The summed E-state index contributed by atoms with van der Waals surface area (Å²) in [7, 11) is 0. The van der Waals surface area contributed by atoms with E-state index in [-0.39, 0.29) is 24.7 Å². The van der Waals surface area contributed by atoms with Crippen LogP contribution in [0.2, 0.25) is 0 Å². The first-order chi connectivity index (χ1) is 8.61. The molecule has 1 rings (SSSR count). The number of aryl methyl sites for hydroxylation is 1. The van der Waals surface area contributed by atoms with Crippen molar-refractivity contribution < 1.29 is 14.3 Å². The molecule has 0 saturated heterocycles. The van der Waals surface area contributed by atoms with Crippen molar-refractivity contribution in [1.29, 1.82) is 0 Å². The van der Waals surface area contributed by atoms with E-state index < -0.39 is 0 Å². The average Bonchev–Trinajstić information content (AvgIpc) is 2.34. The van der Waals surface area contributed by atoms with Crippen molar-refractivity contribution in [3.05, 3.63) is 35.4 Å². The number of rotatable bonds is 6. The molecule has 0 bridgehead atoms. The summed E-state index contributed by atoms with van der Waals surface area (Å²) in [6, 6.07) is 7.94. The van der Waals surface area contributed by atoms with Crippen molar-refractivity contribution >= 4 is 11.9 Å². The zero-order chi connectivity index (χ0) is 13.4. The molecule has 1 aromatic carbocycles. The molecule has 1 amide bonds. The third-order valence-corrected chi connectivity index (χ3v) is 2.43. The quantitative estimate of drug-likeness (QED) is 0.784. The maximum absolute atomic E-state index is 11.5. The van der Waals surface area contributed by atoms with Gasteiger partial charge in [0.15, 0.2) is 0 Å². The first-order valence-electron chi connectivity index (χ1n) is 6.09. The Bertz CT molecular complexity index is 415. The summed E-state index contributed by atoms with van der Waals surface area (Å²) in [5.41, 5.74) is 2.22. The summed E-state index contributed by atoms with van der Waals surface area (Å²) in [4.78, 5) is 22.6. The minimum absolute atomic E-state index is 0.132. The lowest BCUT2D eigenvalue weighted by Gasteiger charge is -2.06. The third kappa shape index (κ3) is 5.48. The maximum atomic E-state index is 11.5. The zero-order valence-corrected chi connectivity index (χ0v) is 10.9. The number of esters is 1. The van der Waals surface area contributed by atoms with Crippen LogP contribution >= 0.6 is 0 Å². The summed E-state index contributed by atoms with van der Waals surface area (Å²) in [6.07, 6.45) is 0.304. The van der Waals surface area contributed by atoms with Gasteiger partial charge in [-0.2, -0.15) is 0 Å². The Morgan fingerprint density at radius 2 is 2.06 bits per heavy atom. The van der Waals surface area contributed by atoms with Crippen LogP contribution in [0, 0.1) is 6.92 Å². The van der Waals surface area contributed by atoms with Gasteiger partial charge in [0.1, 0.15) is 0 Å². The fourth-order valence-electron chi connectivity index (χ4n) is 1.56. The molecule has 0 aromatic heterocycles. The minimum Gasteiger partial charge on any atom is -0.466 e. The second kappa shape index (κ2) is 7.48. The molecule has 4 heteroatoms. The van der Waals surface area contributed by atoms with E-state index in [9.17, 15) is 9.59 Å². The standard InChI is InChI=1S/C14H19NO3/c1-3-18-14(17)8-7-13(16)15-10-12-6-4-5-11(2)9-12/h4-6,9H,3,7-8,10H2,1-2H3,(H,15,16). The second-order valence-corrected chi connectivity index (χ2v) is 4.07. The molecule has 0 aliphatic heterocycles. The van der Waals surface area contributed by atoms with E-state index in [1.165, 1.54) is 0 Å². The van der Waals surface area contributed by atoms with Gasteiger partial charge in [0.05, 0.1) is 13.0 Å². The van der Waals surface area contributed by atoms with Gasteiger partial charge >= 0.3 is 5.97 Å². The molecule has 0 unspecified atom stereocenters. The minimum atomic E-state index is -0.330. The van der Waals surface area contributed by atoms with Gasteiger partial charge in [0, 0.05) is 13.0 Å². The average molecular weight is 249 g/mol. The molecule has 0 aliphatic carbocycles. The molecule has 4 nitrogen and oxygen atoms in total. The number of nitrogens with one attached hydrogen (secondary N) is 1. The van der Waals surface area contributed by atoms with E-state index >= 15 is 0 Å². The van der Waals surface area contributed by atoms with Crippen molar-refractivity contribution in [2.45, 2.75) is 33.2 Å². The van der Waals surface area contributed by atoms with Crippen LogP contribution in [0.5, 0.6) is 0 Å². The lowest BCUT2D eigenvalue weighted by atomic mass is 10.1. The number of hydrogen-bond acceptors (Lipinski definition) is 3. The van der Waals surface area contributed by atoms with Crippen LogP contribution < -0.4 is 5.32 Å². The summed E-state index contributed by atoms with van der Waals surface area (Å²) in [5.74, 6) is -0.465. The van der Waals surface area contributed by atoms with Crippen molar-refractivity contribution in [3.8, 4) is 0 Å². The van der Waals surface area contributed by atoms with E-state index in [2.05, 4.69) is 5.32 Å². The van der Waals surface area contributed by atoms with Crippen LogP contribution in [-0.4, -0.2) is 18.5 Å². The van der Waals surface area contributed by atoms with E-state index in [0.29, 0.717) is 13.2 Å². The lowest BCUT2D eigenvalue weighted by molar-refractivity contribution is -0.144. The molecular weight excluding hydrogens is 230 g/mol. The van der Waals surface area contributed by atoms with Crippen molar-refractivity contribution in [3.63, 3.8) is 0 Å². The molecule has 0 atom stereocenters. The van der Waals surface area contributed by atoms with Crippen LogP contribution in [0.15, 0.2) is 24.3 Å². The molecule has 1 aromatic rings. The Balaban J connectivity index is 2.27. The molecule has 0 heterocycles. The van der Waals surface area contributed by atoms with E-state index in [1.54, 1.807) is 6.92 Å². The zero-order valence-electron chi connectivity index (χ0n) is 10.9. The van der Waals surface area contributed by atoms with E-state index in [0.717, 1.165) is 11.1 Å². The summed E-state index contributed by atoms with van der Waals surface area (Å²) >= 11 is 0. The predicted octanol–water partition coefficient (Wildman–Crippen LogP) is 1.95. The number of hydrogen-bond donors (Lipinski definition) is 1. The highest BCUT2D eigenvalue weighted by Crippen LogP contribution is 2.03. The van der Waals surface area contributed by atoms with Crippen molar-refractivity contribution in [1.82, 2.24) is 5.32 Å². The van der Waals surface area contributed by atoms with Gasteiger partial charge in [-0.25, -0.2) is 0 Å². The van der Waals surface area contributed by atoms with Crippen molar-refractivity contribution in [2.24, 2.45) is 0 Å². The highest BCUT2D eigenvalue weighted by molar-refractivity contribution is 5.81. The van der Waals surface area contributed by atoms with Crippen LogP contribution in [0.4, 0.5) is 0 Å². The topological polar surface area (TPSA) is 55.4 Å². The number of carbonyl (C=O) groups is 2. The normalized spacial score (nSPS) is 9.89. The smallest absolute Gasteiger partial charge is 0.306 e. The first kappa shape index (κ1) is 14.2. The Labute approximate surface area is 107 Å². The van der Waals surface area contributed by atoms with Crippen molar-refractivity contribution in [2.75, 3.05) is 6.61 Å². The van der Waals surface area contributed by atoms with E-state index in [4.69, 9.17) is 4.74 Å². The van der Waals surface area contributed by atoms with Crippen LogP contribution in [0.1, 0.15) is 30.9 Å².